The molecule has 0 N–H and O–H groups in total. The van der Waals surface area contributed by atoms with Gasteiger partial charge in [-0.3, -0.25) is 24.2 Å². The van der Waals surface area contributed by atoms with Gasteiger partial charge in [0.05, 0.1) is 0 Å². The summed E-state index contributed by atoms with van der Waals surface area (Å²) >= 11 is 0. The first-order chi connectivity index (χ1) is 5.25. The third-order valence-electron chi connectivity index (χ3n) is 1.34. The fourth-order valence-electron chi connectivity index (χ4n) is 0.916. The number of aromatic nitrogens is 3. The van der Waals surface area contributed by atoms with Crippen molar-refractivity contribution >= 4 is 5.78 Å². The number of nitrogens with zero attached hydrogens (tertiary/aromatic N) is 3. The zero-order valence-corrected chi connectivity index (χ0v) is 12.3. The van der Waals surface area contributed by atoms with Gasteiger partial charge >= 0.3 is 0 Å². The van der Waals surface area contributed by atoms with Crippen LogP contribution in [0.1, 0.15) is 11.3 Å². The number of rotatable bonds is 0. The van der Waals surface area contributed by atoms with Crippen LogP contribution in [0.25, 0.3) is 5.78 Å². The van der Waals surface area contributed by atoms with E-state index in [2.05, 4.69) is 28.6 Å². The van der Waals surface area contributed by atoms with Gasteiger partial charge in [0.2, 0.25) is 0 Å². The van der Waals surface area contributed by atoms with Crippen molar-refractivity contribution in [2.45, 2.75) is 13.8 Å². The number of imidazole rings is 1. The summed E-state index contributed by atoms with van der Waals surface area (Å²) in [5.41, 5.74) is 1.69. The molecular formula is C8H6N3Rh3-3. The minimum Gasteiger partial charge on any atom is -0.633 e. The Morgan fingerprint density at radius 2 is 1.71 bits per heavy atom. The Morgan fingerprint density at radius 3 is 2.36 bits per heavy atom. The van der Waals surface area contributed by atoms with Crippen LogP contribution >= 0.6 is 0 Å². The maximum absolute atomic E-state index is 4.09. The molecule has 0 bridgehead atoms. The summed E-state index contributed by atoms with van der Waals surface area (Å²) in [6.45, 7) is 3.76. The molecule has 3 nitrogen and oxygen atoms in total. The molecule has 2 aromatic heterocycles. The van der Waals surface area contributed by atoms with Gasteiger partial charge in [-0.1, -0.05) is 12.6 Å². The third kappa shape index (κ3) is 3.57. The second-order valence-electron chi connectivity index (χ2n) is 2.40. The van der Waals surface area contributed by atoms with Crippen LogP contribution in [-0.4, -0.2) is 14.4 Å². The van der Waals surface area contributed by atoms with E-state index in [4.69, 9.17) is 0 Å². The zero-order valence-electron chi connectivity index (χ0n) is 7.34. The molecule has 2 heterocycles. The molecule has 0 aromatic carbocycles. The van der Waals surface area contributed by atoms with Gasteiger partial charge < -0.3 is 14.4 Å². The Balaban J connectivity index is 0. The van der Waals surface area contributed by atoms with E-state index in [1.165, 1.54) is 0 Å². The van der Waals surface area contributed by atoms with Crippen molar-refractivity contribution in [3.05, 3.63) is 29.8 Å². The SMILES string of the molecule is Cc1[c-]nc2nc(C)[c-]n2[c-]1.[Rh].[Rh].[Rh]. The molecule has 0 atom stereocenters. The first-order valence-corrected chi connectivity index (χ1v) is 3.32. The summed E-state index contributed by atoms with van der Waals surface area (Å²) in [5, 5.41) is 0. The van der Waals surface area contributed by atoms with Crippen LogP contribution in [0.3, 0.4) is 0 Å². The molecule has 3 radical (unpaired) electrons. The maximum atomic E-state index is 4.09. The standard InChI is InChI=1S/C8H6N3.3Rh/c1-6-3-9-8-10-7(2)5-11(8)4-6;;;/h1-2H3;;;/q-3;;;. The van der Waals surface area contributed by atoms with Crippen molar-refractivity contribution in [3.63, 3.8) is 0 Å². The fourth-order valence-corrected chi connectivity index (χ4v) is 0.916. The minimum atomic E-state index is 0. The molecule has 0 fully saturated rings. The first-order valence-electron chi connectivity index (χ1n) is 3.32. The molecule has 0 saturated heterocycles. The van der Waals surface area contributed by atoms with Gasteiger partial charge in [0.1, 0.15) is 0 Å². The molecule has 14 heavy (non-hydrogen) atoms. The molecule has 0 aliphatic heterocycles. The van der Waals surface area contributed by atoms with Crippen molar-refractivity contribution in [2.75, 3.05) is 0 Å². The van der Waals surface area contributed by atoms with Crippen LogP contribution in [0.2, 0.25) is 0 Å². The summed E-state index contributed by atoms with van der Waals surface area (Å²) in [6.07, 6.45) is 8.74. The summed E-state index contributed by atoms with van der Waals surface area (Å²) < 4.78 is 1.65. The van der Waals surface area contributed by atoms with Crippen molar-refractivity contribution in [1.29, 1.82) is 0 Å². The predicted molar refractivity (Wildman–Crippen MR) is 39.0 cm³/mol. The summed E-state index contributed by atoms with van der Waals surface area (Å²) in [6, 6.07) is 0. The number of hydrogen-bond acceptors (Lipinski definition) is 2. The van der Waals surface area contributed by atoms with E-state index in [1.807, 2.05) is 13.8 Å². The number of fused-ring (bicyclic) bond motifs is 1. The van der Waals surface area contributed by atoms with Crippen molar-refractivity contribution in [3.8, 4) is 0 Å². The van der Waals surface area contributed by atoms with E-state index >= 15 is 0 Å². The third-order valence-corrected chi connectivity index (χ3v) is 1.34. The van der Waals surface area contributed by atoms with E-state index in [9.17, 15) is 0 Å². The topological polar surface area (TPSA) is 30.2 Å². The molecule has 0 saturated carbocycles. The van der Waals surface area contributed by atoms with Crippen LogP contribution in [0.5, 0.6) is 0 Å². The zero-order chi connectivity index (χ0) is 7.84. The van der Waals surface area contributed by atoms with E-state index in [0.29, 0.717) is 5.78 Å². The van der Waals surface area contributed by atoms with Gasteiger partial charge in [0.25, 0.3) is 0 Å². The Labute approximate surface area is 121 Å². The summed E-state index contributed by atoms with van der Waals surface area (Å²) in [5.74, 6) is 0.605. The van der Waals surface area contributed by atoms with Crippen LogP contribution < -0.4 is 0 Å². The van der Waals surface area contributed by atoms with Crippen LogP contribution in [0, 0.1) is 32.4 Å². The Kier molecular flexibility index (Phi) is 8.31. The van der Waals surface area contributed by atoms with Gasteiger partial charge in [-0.25, -0.2) is 0 Å². The van der Waals surface area contributed by atoms with Crippen molar-refractivity contribution < 1.29 is 58.4 Å². The molecule has 83 valence electrons. The second kappa shape index (κ2) is 6.88. The smallest absolute Gasteiger partial charge is 0 e. The molecular weight excluding hydrogens is 447 g/mol. The van der Waals surface area contributed by atoms with Crippen LogP contribution in [0.4, 0.5) is 0 Å². The maximum Gasteiger partial charge on any atom is 0 e. The fraction of sp³-hybridized carbons (Fsp3) is 0.250. The average molecular weight is 453 g/mol. The average Bonchev–Trinajstić information content (AvgIpc) is 2.27. The van der Waals surface area contributed by atoms with E-state index in [-0.39, 0.29) is 58.4 Å². The van der Waals surface area contributed by atoms with E-state index in [0.717, 1.165) is 11.3 Å². The normalized spacial score (nSPS) is 8.43. The van der Waals surface area contributed by atoms with Gasteiger partial charge in [-0.05, 0) is 12.7 Å². The van der Waals surface area contributed by atoms with Crippen molar-refractivity contribution in [1.82, 2.24) is 14.4 Å². The Bertz CT molecular complexity index is 400. The largest absolute Gasteiger partial charge is 0.633 e. The molecule has 0 aliphatic rings. The first kappa shape index (κ1) is 16.9. The molecule has 6 heteroatoms. The van der Waals surface area contributed by atoms with Gasteiger partial charge in [-0.15, -0.1) is 0 Å². The predicted octanol–water partition coefficient (Wildman–Crippen LogP) is 0.739. The van der Waals surface area contributed by atoms with Crippen molar-refractivity contribution in [2.24, 2.45) is 0 Å². The Morgan fingerprint density at radius 1 is 1.07 bits per heavy atom. The minimum absolute atomic E-state index is 0. The van der Waals surface area contributed by atoms with E-state index < -0.39 is 0 Å². The molecule has 2 aromatic rings. The molecule has 0 aliphatic carbocycles. The van der Waals surface area contributed by atoms with Gasteiger partial charge in [-0.2, -0.15) is 0 Å². The number of aryl methyl sites for hydroxylation is 2. The quantitative estimate of drug-likeness (QED) is 0.436. The monoisotopic (exact) mass is 453 g/mol. The molecule has 2 rings (SSSR count). The van der Waals surface area contributed by atoms with E-state index in [1.54, 1.807) is 4.40 Å². The molecule has 0 spiro atoms. The summed E-state index contributed by atoms with van der Waals surface area (Å²) in [4.78, 5) is 8.05. The Hall–Kier alpha value is 0.490. The van der Waals surface area contributed by atoms with Crippen LogP contribution in [-0.2, 0) is 58.4 Å². The number of hydrogen-bond donors (Lipinski definition) is 0. The molecule has 0 unspecified atom stereocenters. The second-order valence-corrected chi connectivity index (χ2v) is 2.40. The van der Waals surface area contributed by atoms with Gasteiger partial charge in [0, 0.05) is 58.4 Å². The summed E-state index contributed by atoms with van der Waals surface area (Å²) in [7, 11) is 0. The van der Waals surface area contributed by atoms with Gasteiger partial charge in [0.15, 0.2) is 0 Å². The molecule has 0 amide bonds. The van der Waals surface area contributed by atoms with Crippen LogP contribution in [0.15, 0.2) is 0 Å².